The van der Waals surface area contributed by atoms with E-state index in [-0.39, 0.29) is 6.04 Å². The minimum absolute atomic E-state index is 0.312. The Labute approximate surface area is 167 Å². The first-order valence-electron chi connectivity index (χ1n) is 9.34. The number of ether oxygens (including phenoxy) is 1. The molecule has 2 aromatic carbocycles. The average Bonchev–Trinajstić information content (AvgIpc) is 2.61. The normalized spacial score (nSPS) is 20.9. The molecule has 28 heavy (non-hydrogen) atoms. The number of nitrogens with one attached hydrogen (secondary N) is 2. The van der Waals surface area contributed by atoms with Gasteiger partial charge in [0.2, 0.25) is 10.0 Å². The van der Waals surface area contributed by atoms with Gasteiger partial charge in [0.25, 0.3) is 0 Å². The summed E-state index contributed by atoms with van der Waals surface area (Å²) in [4.78, 5) is 0. The predicted octanol–water partition coefficient (Wildman–Crippen LogP) is 2.77. The van der Waals surface area contributed by atoms with Gasteiger partial charge in [0.05, 0.1) is 18.0 Å². The molecule has 2 unspecified atom stereocenters. The SMILES string of the molecule is Cc1c(NS(C)(=O)=O)ccc2c1OC(C)(C)C(O)C2NCCc1ccccc1. The molecule has 0 fully saturated rings. The molecule has 0 aliphatic carbocycles. The van der Waals surface area contributed by atoms with Crippen molar-refractivity contribution in [3.8, 4) is 5.75 Å². The van der Waals surface area contributed by atoms with Crippen LogP contribution in [0.2, 0.25) is 0 Å². The van der Waals surface area contributed by atoms with E-state index in [0.717, 1.165) is 18.2 Å². The second kappa shape index (κ2) is 7.73. The summed E-state index contributed by atoms with van der Waals surface area (Å²) in [5.74, 6) is 0.612. The predicted molar refractivity (Wildman–Crippen MR) is 111 cm³/mol. The molecule has 0 spiro atoms. The van der Waals surface area contributed by atoms with E-state index >= 15 is 0 Å². The highest BCUT2D eigenvalue weighted by molar-refractivity contribution is 7.92. The van der Waals surface area contributed by atoms with E-state index < -0.39 is 21.7 Å². The lowest BCUT2D eigenvalue weighted by molar-refractivity contribution is -0.0647. The zero-order valence-corrected chi connectivity index (χ0v) is 17.5. The molecule has 6 nitrogen and oxygen atoms in total. The third-order valence-electron chi connectivity index (χ3n) is 5.08. The second-order valence-corrected chi connectivity index (χ2v) is 9.60. The van der Waals surface area contributed by atoms with Crippen molar-refractivity contribution in [3.63, 3.8) is 0 Å². The van der Waals surface area contributed by atoms with Crippen molar-refractivity contribution in [1.82, 2.24) is 5.32 Å². The monoisotopic (exact) mass is 404 g/mol. The molecular weight excluding hydrogens is 376 g/mol. The summed E-state index contributed by atoms with van der Waals surface area (Å²) >= 11 is 0. The number of anilines is 1. The number of fused-ring (bicyclic) bond motifs is 1. The number of aliphatic hydroxyl groups is 1. The number of benzene rings is 2. The van der Waals surface area contributed by atoms with E-state index in [1.807, 2.05) is 45.0 Å². The highest BCUT2D eigenvalue weighted by Crippen LogP contribution is 2.43. The van der Waals surface area contributed by atoms with Crippen molar-refractivity contribution in [2.45, 2.75) is 44.9 Å². The molecule has 1 aliphatic heterocycles. The van der Waals surface area contributed by atoms with Crippen molar-refractivity contribution in [1.29, 1.82) is 0 Å². The molecule has 2 atom stereocenters. The van der Waals surface area contributed by atoms with Gasteiger partial charge in [-0.1, -0.05) is 36.4 Å². The van der Waals surface area contributed by atoms with Crippen LogP contribution in [-0.4, -0.2) is 38.0 Å². The zero-order chi connectivity index (χ0) is 20.5. The summed E-state index contributed by atoms with van der Waals surface area (Å²) in [5.41, 5.74) is 2.43. The third-order valence-corrected chi connectivity index (χ3v) is 5.67. The number of sulfonamides is 1. The molecule has 1 heterocycles. The maximum absolute atomic E-state index is 11.6. The lowest BCUT2D eigenvalue weighted by Crippen LogP contribution is -2.53. The summed E-state index contributed by atoms with van der Waals surface area (Å²) in [6.45, 7) is 6.19. The molecule has 3 rings (SSSR count). The average molecular weight is 405 g/mol. The maximum Gasteiger partial charge on any atom is 0.229 e. The molecule has 0 bridgehead atoms. The Kier molecular flexibility index (Phi) is 5.70. The topological polar surface area (TPSA) is 87.7 Å². The minimum Gasteiger partial charge on any atom is -0.484 e. The van der Waals surface area contributed by atoms with Crippen LogP contribution in [0.1, 0.15) is 36.6 Å². The molecule has 7 heteroatoms. The molecule has 0 saturated heterocycles. The van der Waals surface area contributed by atoms with Crippen molar-refractivity contribution in [2.24, 2.45) is 0 Å². The third kappa shape index (κ3) is 4.48. The van der Waals surface area contributed by atoms with Crippen LogP contribution in [0.5, 0.6) is 5.75 Å². The first-order valence-corrected chi connectivity index (χ1v) is 11.2. The fraction of sp³-hybridized carbons (Fsp3) is 0.429. The Bertz CT molecular complexity index is 942. The minimum atomic E-state index is -3.39. The molecule has 3 N–H and O–H groups in total. The Morgan fingerprint density at radius 1 is 1.14 bits per heavy atom. The Balaban J connectivity index is 1.88. The Morgan fingerprint density at radius 3 is 2.46 bits per heavy atom. The van der Waals surface area contributed by atoms with Crippen LogP contribution in [0, 0.1) is 6.92 Å². The Hall–Kier alpha value is -2.09. The van der Waals surface area contributed by atoms with Crippen LogP contribution < -0.4 is 14.8 Å². The number of rotatable bonds is 6. The summed E-state index contributed by atoms with van der Waals surface area (Å²) in [6, 6.07) is 13.4. The van der Waals surface area contributed by atoms with Crippen molar-refractivity contribution in [2.75, 3.05) is 17.5 Å². The highest BCUT2D eigenvalue weighted by atomic mass is 32.2. The highest BCUT2D eigenvalue weighted by Gasteiger charge is 2.43. The summed E-state index contributed by atoms with van der Waals surface area (Å²) in [7, 11) is -3.39. The fourth-order valence-corrected chi connectivity index (χ4v) is 4.16. The van der Waals surface area contributed by atoms with Gasteiger partial charge in [0.15, 0.2) is 0 Å². The van der Waals surface area contributed by atoms with E-state index in [1.165, 1.54) is 5.56 Å². The molecule has 152 valence electrons. The van der Waals surface area contributed by atoms with Crippen LogP contribution >= 0.6 is 0 Å². The van der Waals surface area contributed by atoms with Gasteiger partial charge in [-0.25, -0.2) is 8.42 Å². The molecule has 2 aromatic rings. The lowest BCUT2D eigenvalue weighted by atomic mass is 9.85. The van der Waals surface area contributed by atoms with Gasteiger partial charge in [-0.3, -0.25) is 4.72 Å². The summed E-state index contributed by atoms with van der Waals surface area (Å²) in [5, 5.41) is 14.3. The standard InChI is InChI=1S/C21H28N2O4S/c1-14-17(23-28(4,25)26)11-10-16-18(20(24)21(2,3)27-19(14)16)22-13-12-15-8-6-5-7-9-15/h5-11,18,20,22-24H,12-13H2,1-4H3. The van der Waals surface area contributed by atoms with Gasteiger partial charge in [-0.2, -0.15) is 0 Å². The lowest BCUT2D eigenvalue weighted by Gasteiger charge is -2.43. The van der Waals surface area contributed by atoms with E-state index in [0.29, 0.717) is 23.5 Å². The number of hydrogen-bond acceptors (Lipinski definition) is 5. The zero-order valence-electron chi connectivity index (χ0n) is 16.7. The van der Waals surface area contributed by atoms with Gasteiger partial charge in [0.1, 0.15) is 17.5 Å². The largest absolute Gasteiger partial charge is 0.484 e. The second-order valence-electron chi connectivity index (χ2n) is 7.85. The van der Waals surface area contributed by atoms with Gasteiger partial charge in [0, 0.05) is 11.1 Å². The van der Waals surface area contributed by atoms with E-state index in [9.17, 15) is 13.5 Å². The van der Waals surface area contributed by atoms with Crippen molar-refractivity contribution < 1.29 is 18.3 Å². The van der Waals surface area contributed by atoms with Crippen LogP contribution in [0.3, 0.4) is 0 Å². The number of hydrogen-bond donors (Lipinski definition) is 3. The van der Waals surface area contributed by atoms with Gasteiger partial charge in [-0.05, 0) is 45.4 Å². The fourth-order valence-electron chi connectivity index (χ4n) is 3.54. The van der Waals surface area contributed by atoms with E-state index in [1.54, 1.807) is 6.07 Å². The molecular formula is C21H28N2O4S. The summed E-state index contributed by atoms with van der Waals surface area (Å²) in [6.07, 6.45) is 1.21. The van der Waals surface area contributed by atoms with Crippen LogP contribution in [0.15, 0.2) is 42.5 Å². The maximum atomic E-state index is 11.6. The van der Waals surface area contributed by atoms with Crippen molar-refractivity contribution in [3.05, 3.63) is 59.2 Å². The molecule has 1 aliphatic rings. The van der Waals surface area contributed by atoms with Gasteiger partial charge in [-0.15, -0.1) is 0 Å². The Morgan fingerprint density at radius 2 is 1.82 bits per heavy atom. The van der Waals surface area contributed by atoms with Crippen molar-refractivity contribution >= 4 is 15.7 Å². The molecule has 0 aromatic heterocycles. The first-order chi connectivity index (χ1) is 13.1. The van der Waals surface area contributed by atoms with Crippen LogP contribution in [-0.2, 0) is 16.4 Å². The smallest absolute Gasteiger partial charge is 0.229 e. The first kappa shape index (κ1) is 20.6. The van der Waals surface area contributed by atoms with Gasteiger partial charge >= 0.3 is 0 Å². The summed E-state index contributed by atoms with van der Waals surface area (Å²) < 4.78 is 31.9. The molecule has 0 saturated carbocycles. The van der Waals surface area contributed by atoms with Crippen LogP contribution in [0.4, 0.5) is 5.69 Å². The van der Waals surface area contributed by atoms with Gasteiger partial charge < -0.3 is 15.2 Å². The number of aliphatic hydroxyl groups excluding tert-OH is 1. The van der Waals surface area contributed by atoms with E-state index in [2.05, 4.69) is 22.2 Å². The van der Waals surface area contributed by atoms with Crippen LogP contribution in [0.25, 0.3) is 0 Å². The van der Waals surface area contributed by atoms with E-state index in [4.69, 9.17) is 4.74 Å². The molecule has 0 radical (unpaired) electrons. The quantitative estimate of drug-likeness (QED) is 0.689. The molecule has 0 amide bonds.